The SMILES string of the molecule is CC(C)(Nc1cc(C(N)=O)ccn1)C(=O)O. The minimum Gasteiger partial charge on any atom is -0.480 e. The van der Waals surface area contributed by atoms with E-state index in [1.165, 1.54) is 32.2 Å². The molecule has 0 bridgehead atoms. The van der Waals surface area contributed by atoms with Gasteiger partial charge in [0.15, 0.2) is 0 Å². The first-order valence-corrected chi connectivity index (χ1v) is 4.60. The van der Waals surface area contributed by atoms with Crippen LogP contribution in [-0.2, 0) is 4.79 Å². The Bertz CT molecular complexity index is 429. The van der Waals surface area contributed by atoms with E-state index in [4.69, 9.17) is 10.8 Å². The molecule has 1 rings (SSSR count). The Labute approximate surface area is 92.5 Å². The van der Waals surface area contributed by atoms with Crippen LogP contribution in [0.5, 0.6) is 0 Å². The Morgan fingerprint density at radius 1 is 1.50 bits per heavy atom. The zero-order valence-electron chi connectivity index (χ0n) is 9.02. The van der Waals surface area contributed by atoms with Crippen LogP contribution in [0.2, 0.25) is 0 Å². The summed E-state index contributed by atoms with van der Waals surface area (Å²) >= 11 is 0. The minimum atomic E-state index is -1.16. The lowest BCUT2D eigenvalue weighted by Gasteiger charge is -2.21. The van der Waals surface area contributed by atoms with E-state index in [9.17, 15) is 9.59 Å². The van der Waals surface area contributed by atoms with E-state index >= 15 is 0 Å². The van der Waals surface area contributed by atoms with Crippen LogP contribution in [-0.4, -0.2) is 27.5 Å². The summed E-state index contributed by atoms with van der Waals surface area (Å²) < 4.78 is 0. The lowest BCUT2D eigenvalue weighted by atomic mass is 10.1. The van der Waals surface area contributed by atoms with Crippen LogP contribution >= 0.6 is 0 Å². The van der Waals surface area contributed by atoms with Crippen molar-refractivity contribution in [2.75, 3.05) is 5.32 Å². The Morgan fingerprint density at radius 3 is 2.62 bits per heavy atom. The van der Waals surface area contributed by atoms with Crippen molar-refractivity contribution >= 4 is 17.7 Å². The van der Waals surface area contributed by atoms with Gasteiger partial charge in [0.25, 0.3) is 0 Å². The maximum atomic E-state index is 10.9. The third-order valence-electron chi connectivity index (χ3n) is 2.02. The molecule has 0 saturated heterocycles. The van der Waals surface area contributed by atoms with Crippen molar-refractivity contribution in [2.45, 2.75) is 19.4 Å². The van der Waals surface area contributed by atoms with E-state index in [2.05, 4.69) is 10.3 Å². The first kappa shape index (κ1) is 12.0. The number of nitrogens with two attached hydrogens (primary N) is 1. The number of anilines is 1. The highest BCUT2D eigenvalue weighted by atomic mass is 16.4. The van der Waals surface area contributed by atoms with E-state index in [1.54, 1.807) is 0 Å². The highest BCUT2D eigenvalue weighted by molar-refractivity contribution is 5.93. The van der Waals surface area contributed by atoms with E-state index in [-0.39, 0.29) is 5.56 Å². The predicted molar refractivity (Wildman–Crippen MR) is 58.1 cm³/mol. The molecular formula is C10H13N3O3. The molecule has 6 heteroatoms. The zero-order valence-corrected chi connectivity index (χ0v) is 9.02. The maximum absolute atomic E-state index is 10.9. The highest BCUT2D eigenvalue weighted by Gasteiger charge is 2.27. The quantitative estimate of drug-likeness (QED) is 0.687. The number of carbonyl (C=O) groups excluding carboxylic acids is 1. The van der Waals surface area contributed by atoms with E-state index in [0.717, 1.165) is 0 Å². The smallest absolute Gasteiger partial charge is 0.328 e. The van der Waals surface area contributed by atoms with Gasteiger partial charge < -0.3 is 16.2 Å². The summed E-state index contributed by atoms with van der Waals surface area (Å²) in [6, 6.07) is 2.87. The third kappa shape index (κ3) is 2.69. The first-order chi connectivity index (χ1) is 7.33. The fourth-order valence-corrected chi connectivity index (χ4v) is 1.03. The van der Waals surface area contributed by atoms with Gasteiger partial charge in [-0.05, 0) is 26.0 Å². The number of pyridine rings is 1. The fraction of sp³-hybridized carbons (Fsp3) is 0.300. The lowest BCUT2D eigenvalue weighted by Crippen LogP contribution is -2.40. The molecule has 0 saturated carbocycles. The van der Waals surface area contributed by atoms with Gasteiger partial charge in [-0.3, -0.25) is 4.79 Å². The summed E-state index contributed by atoms with van der Waals surface area (Å²) in [6.45, 7) is 2.99. The second kappa shape index (κ2) is 4.18. The van der Waals surface area contributed by atoms with Crippen molar-refractivity contribution in [3.05, 3.63) is 23.9 Å². The van der Waals surface area contributed by atoms with Crippen LogP contribution in [0.3, 0.4) is 0 Å². The average molecular weight is 223 g/mol. The highest BCUT2D eigenvalue weighted by Crippen LogP contribution is 2.13. The summed E-state index contributed by atoms with van der Waals surface area (Å²) in [4.78, 5) is 25.7. The molecule has 16 heavy (non-hydrogen) atoms. The number of aromatic nitrogens is 1. The predicted octanol–water partition coefficient (Wildman–Crippen LogP) is 0.456. The van der Waals surface area contributed by atoms with Crippen LogP contribution in [0.4, 0.5) is 5.82 Å². The van der Waals surface area contributed by atoms with Gasteiger partial charge in [-0.1, -0.05) is 0 Å². The van der Waals surface area contributed by atoms with Gasteiger partial charge in [-0.2, -0.15) is 0 Å². The van der Waals surface area contributed by atoms with Crippen molar-refractivity contribution in [1.29, 1.82) is 0 Å². The number of carbonyl (C=O) groups is 2. The molecule has 6 nitrogen and oxygen atoms in total. The number of carboxylic acid groups (broad SMARTS) is 1. The van der Waals surface area contributed by atoms with Crippen LogP contribution in [0, 0.1) is 0 Å². The van der Waals surface area contributed by atoms with Gasteiger partial charge in [0, 0.05) is 11.8 Å². The van der Waals surface area contributed by atoms with Crippen LogP contribution in [0.15, 0.2) is 18.3 Å². The standard InChI is InChI=1S/C10H13N3O3/c1-10(2,9(15)16)13-7-5-6(8(11)14)3-4-12-7/h3-5H,1-2H3,(H2,11,14)(H,12,13)(H,15,16). The molecule has 0 aliphatic heterocycles. The monoisotopic (exact) mass is 223 g/mol. The Hall–Kier alpha value is -2.11. The second-order valence-electron chi connectivity index (χ2n) is 3.85. The van der Waals surface area contributed by atoms with Crippen molar-refractivity contribution in [3.8, 4) is 0 Å². The minimum absolute atomic E-state index is 0.277. The molecule has 1 heterocycles. The number of carboxylic acids is 1. The number of aliphatic carboxylic acids is 1. The number of primary amides is 1. The molecule has 1 aromatic heterocycles. The summed E-state index contributed by atoms with van der Waals surface area (Å²) in [7, 11) is 0. The lowest BCUT2D eigenvalue weighted by molar-refractivity contribution is -0.141. The summed E-state index contributed by atoms with van der Waals surface area (Å²) in [5, 5.41) is 11.6. The molecule has 0 aliphatic carbocycles. The van der Waals surface area contributed by atoms with Gasteiger partial charge in [-0.25, -0.2) is 9.78 Å². The first-order valence-electron chi connectivity index (χ1n) is 4.60. The van der Waals surface area contributed by atoms with Crippen LogP contribution < -0.4 is 11.1 Å². The molecule has 0 fully saturated rings. The largest absolute Gasteiger partial charge is 0.480 e. The Balaban J connectivity index is 2.94. The van der Waals surface area contributed by atoms with Crippen molar-refractivity contribution in [1.82, 2.24) is 4.98 Å². The van der Waals surface area contributed by atoms with Gasteiger partial charge >= 0.3 is 5.97 Å². The molecule has 0 aliphatic rings. The third-order valence-corrected chi connectivity index (χ3v) is 2.02. The van der Waals surface area contributed by atoms with E-state index in [1.807, 2.05) is 0 Å². The Morgan fingerprint density at radius 2 is 2.12 bits per heavy atom. The number of nitrogens with one attached hydrogen (secondary N) is 1. The summed E-state index contributed by atoms with van der Waals surface area (Å²) in [6.07, 6.45) is 1.39. The molecule has 0 spiro atoms. The number of hydrogen-bond donors (Lipinski definition) is 3. The van der Waals surface area contributed by atoms with E-state index in [0.29, 0.717) is 5.82 Å². The topological polar surface area (TPSA) is 105 Å². The zero-order chi connectivity index (χ0) is 12.3. The summed E-state index contributed by atoms with van der Waals surface area (Å²) in [5.74, 6) is -1.30. The fourth-order valence-electron chi connectivity index (χ4n) is 1.03. The Kier molecular flexibility index (Phi) is 3.12. The van der Waals surface area contributed by atoms with Gasteiger partial charge in [0.05, 0.1) is 0 Å². The molecule has 0 atom stereocenters. The molecule has 1 aromatic rings. The van der Waals surface area contributed by atoms with Crippen molar-refractivity contribution in [2.24, 2.45) is 5.73 Å². The second-order valence-corrected chi connectivity index (χ2v) is 3.85. The maximum Gasteiger partial charge on any atom is 0.328 e. The molecule has 86 valence electrons. The van der Waals surface area contributed by atoms with Gasteiger partial charge in [0.1, 0.15) is 11.4 Å². The molecule has 0 radical (unpaired) electrons. The number of amides is 1. The summed E-state index contributed by atoms with van der Waals surface area (Å²) in [5.41, 5.74) is 4.21. The van der Waals surface area contributed by atoms with Crippen molar-refractivity contribution < 1.29 is 14.7 Å². The van der Waals surface area contributed by atoms with E-state index < -0.39 is 17.4 Å². The molecule has 4 N–H and O–H groups in total. The molecule has 0 aromatic carbocycles. The average Bonchev–Trinajstić information content (AvgIpc) is 2.17. The number of rotatable bonds is 4. The normalized spacial score (nSPS) is 10.9. The van der Waals surface area contributed by atoms with Crippen LogP contribution in [0.25, 0.3) is 0 Å². The van der Waals surface area contributed by atoms with Crippen LogP contribution in [0.1, 0.15) is 24.2 Å². The van der Waals surface area contributed by atoms with Gasteiger partial charge in [0.2, 0.25) is 5.91 Å². The van der Waals surface area contributed by atoms with Crippen molar-refractivity contribution in [3.63, 3.8) is 0 Å². The molecule has 0 unspecified atom stereocenters. The van der Waals surface area contributed by atoms with Gasteiger partial charge in [-0.15, -0.1) is 0 Å². The molecular weight excluding hydrogens is 210 g/mol. The number of hydrogen-bond acceptors (Lipinski definition) is 4. The molecule has 1 amide bonds. The number of nitrogens with zero attached hydrogens (tertiary/aromatic N) is 1.